The smallest absolute Gasteiger partial charge is 0.264 e. The second-order valence-corrected chi connectivity index (χ2v) is 11.8. The van der Waals surface area contributed by atoms with Crippen LogP contribution in [0.4, 0.5) is 5.69 Å². The first-order valence-corrected chi connectivity index (χ1v) is 15.0. The normalized spacial score (nSPS) is 12.6. The molecule has 3 aromatic rings. The zero-order chi connectivity index (χ0) is 30.2. The molecule has 2 atom stereocenters. The van der Waals surface area contributed by atoms with Crippen molar-refractivity contribution in [3.05, 3.63) is 83.4 Å². The number of benzene rings is 3. The SMILES string of the molecule is CCC(C)NC(=O)C(C)N(Cc1ccc(OC)cc1)C(=O)CN(c1cc(Cl)ccc1OC)S(=O)(=O)c1ccccc1. The molecule has 0 saturated heterocycles. The number of halogens is 1. The summed E-state index contributed by atoms with van der Waals surface area (Å²) < 4.78 is 39.6. The summed E-state index contributed by atoms with van der Waals surface area (Å²) in [6.07, 6.45) is 0.711. The van der Waals surface area contributed by atoms with E-state index in [2.05, 4.69) is 5.32 Å². The van der Waals surface area contributed by atoms with Gasteiger partial charge in [-0.1, -0.05) is 48.9 Å². The Labute approximate surface area is 247 Å². The van der Waals surface area contributed by atoms with Crippen LogP contribution in [0.1, 0.15) is 32.8 Å². The lowest BCUT2D eigenvalue weighted by molar-refractivity contribution is -0.139. The van der Waals surface area contributed by atoms with Crippen LogP contribution in [-0.4, -0.2) is 58.0 Å². The van der Waals surface area contributed by atoms with E-state index in [-0.39, 0.29) is 39.8 Å². The van der Waals surface area contributed by atoms with Gasteiger partial charge in [-0.2, -0.15) is 0 Å². The maximum Gasteiger partial charge on any atom is 0.264 e. The Morgan fingerprint density at radius 2 is 1.61 bits per heavy atom. The zero-order valence-corrected chi connectivity index (χ0v) is 25.4. The van der Waals surface area contributed by atoms with E-state index in [1.54, 1.807) is 62.6 Å². The van der Waals surface area contributed by atoms with Gasteiger partial charge in [-0.15, -0.1) is 0 Å². The molecule has 0 bridgehead atoms. The fraction of sp³-hybridized carbons (Fsp3) is 0.333. The van der Waals surface area contributed by atoms with Crippen LogP contribution in [0.2, 0.25) is 5.02 Å². The average Bonchev–Trinajstić information content (AvgIpc) is 2.98. The van der Waals surface area contributed by atoms with E-state index in [0.717, 1.165) is 9.87 Å². The summed E-state index contributed by atoms with van der Waals surface area (Å²) in [6, 6.07) is 18.4. The largest absolute Gasteiger partial charge is 0.497 e. The summed E-state index contributed by atoms with van der Waals surface area (Å²) in [4.78, 5) is 28.6. The van der Waals surface area contributed by atoms with Gasteiger partial charge in [0.05, 0.1) is 24.8 Å². The molecular weight excluding hydrogens is 566 g/mol. The first-order chi connectivity index (χ1) is 19.5. The number of amides is 2. The van der Waals surface area contributed by atoms with Crippen molar-refractivity contribution in [2.45, 2.75) is 50.7 Å². The number of hydrogen-bond donors (Lipinski definition) is 1. The van der Waals surface area contributed by atoms with E-state index < -0.39 is 28.5 Å². The third-order valence-corrected chi connectivity index (χ3v) is 8.71. The predicted octanol–water partition coefficient (Wildman–Crippen LogP) is 4.88. The number of anilines is 1. The van der Waals surface area contributed by atoms with Crippen molar-refractivity contribution < 1.29 is 27.5 Å². The number of sulfonamides is 1. The number of hydrogen-bond acceptors (Lipinski definition) is 6. The molecule has 9 nitrogen and oxygen atoms in total. The molecule has 1 N–H and O–H groups in total. The highest BCUT2D eigenvalue weighted by Gasteiger charge is 2.34. The highest BCUT2D eigenvalue weighted by atomic mass is 35.5. The van der Waals surface area contributed by atoms with Crippen molar-refractivity contribution >= 4 is 39.1 Å². The number of carbonyl (C=O) groups is 2. The van der Waals surface area contributed by atoms with Gasteiger partial charge in [0, 0.05) is 17.6 Å². The molecule has 0 heterocycles. The predicted molar refractivity (Wildman–Crippen MR) is 160 cm³/mol. The van der Waals surface area contributed by atoms with Crippen molar-refractivity contribution in [1.29, 1.82) is 0 Å². The Kier molecular flexibility index (Phi) is 11.0. The molecule has 11 heteroatoms. The molecule has 0 spiro atoms. The second kappa shape index (κ2) is 14.2. The number of methoxy groups -OCH3 is 2. The summed E-state index contributed by atoms with van der Waals surface area (Å²) in [7, 11) is -1.30. The van der Waals surface area contributed by atoms with Crippen LogP contribution in [0.3, 0.4) is 0 Å². The summed E-state index contributed by atoms with van der Waals surface area (Å²) in [5.74, 6) is -0.0819. The molecule has 0 aliphatic rings. The molecule has 2 unspecified atom stereocenters. The van der Waals surface area contributed by atoms with E-state index >= 15 is 0 Å². The van der Waals surface area contributed by atoms with Crippen LogP contribution in [0, 0.1) is 0 Å². The van der Waals surface area contributed by atoms with Gasteiger partial charge in [0.25, 0.3) is 10.0 Å². The summed E-state index contributed by atoms with van der Waals surface area (Å²) in [5, 5.41) is 3.18. The molecule has 0 radical (unpaired) electrons. The van der Waals surface area contributed by atoms with Gasteiger partial charge in [-0.05, 0) is 68.3 Å². The first-order valence-electron chi connectivity index (χ1n) is 13.2. The standard InChI is InChI=1S/C30H36ClN3O6S/c1-6-21(2)32-30(36)22(3)33(19-23-12-15-25(39-4)16-13-23)29(35)20-34(27-18-24(31)14-17-28(27)40-5)41(37,38)26-10-8-7-9-11-26/h7-18,21-22H,6,19-20H2,1-5H3,(H,32,36). The Morgan fingerprint density at radius 3 is 2.20 bits per heavy atom. The summed E-state index contributed by atoms with van der Waals surface area (Å²) in [6.45, 7) is 4.89. The van der Waals surface area contributed by atoms with Gasteiger partial charge >= 0.3 is 0 Å². The van der Waals surface area contributed by atoms with E-state index in [0.29, 0.717) is 12.2 Å². The molecule has 0 fully saturated rings. The van der Waals surface area contributed by atoms with Crippen LogP contribution in [0.25, 0.3) is 0 Å². The van der Waals surface area contributed by atoms with Gasteiger partial charge < -0.3 is 19.7 Å². The Bertz CT molecular complexity index is 1430. The number of carbonyl (C=O) groups excluding carboxylic acids is 2. The van der Waals surface area contributed by atoms with Crippen LogP contribution in [0.5, 0.6) is 11.5 Å². The lowest BCUT2D eigenvalue weighted by atomic mass is 10.1. The van der Waals surface area contributed by atoms with Gasteiger partial charge in [-0.25, -0.2) is 8.42 Å². The van der Waals surface area contributed by atoms with E-state index in [1.165, 1.54) is 36.3 Å². The van der Waals surface area contributed by atoms with Gasteiger partial charge in [0.1, 0.15) is 24.1 Å². The maximum absolute atomic E-state index is 14.1. The van der Waals surface area contributed by atoms with Gasteiger partial charge in [0.2, 0.25) is 11.8 Å². The quantitative estimate of drug-likeness (QED) is 0.299. The van der Waals surface area contributed by atoms with E-state index in [4.69, 9.17) is 21.1 Å². The first kappa shape index (κ1) is 31.8. The summed E-state index contributed by atoms with van der Waals surface area (Å²) in [5.41, 5.74) is 0.832. The molecule has 3 aromatic carbocycles. The topological polar surface area (TPSA) is 105 Å². The molecule has 0 saturated carbocycles. The van der Waals surface area contributed by atoms with E-state index in [1.807, 2.05) is 13.8 Å². The van der Waals surface area contributed by atoms with Crippen LogP contribution < -0.4 is 19.1 Å². The molecule has 0 aliphatic heterocycles. The fourth-order valence-corrected chi connectivity index (χ4v) is 5.67. The molecule has 41 heavy (non-hydrogen) atoms. The monoisotopic (exact) mass is 601 g/mol. The lowest BCUT2D eigenvalue weighted by Crippen LogP contribution is -2.52. The lowest BCUT2D eigenvalue weighted by Gasteiger charge is -2.33. The van der Waals surface area contributed by atoms with Crippen molar-refractivity contribution in [1.82, 2.24) is 10.2 Å². The molecular formula is C30H36ClN3O6S. The van der Waals surface area contributed by atoms with Crippen LogP contribution in [-0.2, 0) is 26.2 Å². The molecule has 2 amide bonds. The number of ether oxygens (including phenoxy) is 2. The van der Waals surface area contributed by atoms with Crippen molar-refractivity contribution in [2.24, 2.45) is 0 Å². The minimum absolute atomic E-state index is 0.0147. The Balaban J connectivity index is 2.07. The fourth-order valence-electron chi connectivity index (χ4n) is 4.07. The van der Waals surface area contributed by atoms with Crippen molar-refractivity contribution in [3.8, 4) is 11.5 Å². The van der Waals surface area contributed by atoms with Gasteiger partial charge in [-0.3, -0.25) is 13.9 Å². The van der Waals surface area contributed by atoms with Crippen molar-refractivity contribution in [2.75, 3.05) is 25.1 Å². The highest BCUT2D eigenvalue weighted by Crippen LogP contribution is 2.35. The van der Waals surface area contributed by atoms with Crippen LogP contribution in [0.15, 0.2) is 77.7 Å². The molecule has 220 valence electrons. The Hall–Kier alpha value is -3.76. The van der Waals surface area contributed by atoms with E-state index in [9.17, 15) is 18.0 Å². The van der Waals surface area contributed by atoms with Crippen LogP contribution >= 0.6 is 11.6 Å². The minimum atomic E-state index is -4.25. The van der Waals surface area contributed by atoms with Gasteiger partial charge in [0.15, 0.2) is 0 Å². The molecule has 0 aromatic heterocycles. The third kappa shape index (κ3) is 7.92. The third-order valence-electron chi connectivity index (χ3n) is 6.70. The highest BCUT2D eigenvalue weighted by molar-refractivity contribution is 7.92. The van der Waals surface area contributed by atoms with Crippen molar-refractivity contribution in [3.63, 3.8) is 0 Å². The zero-order valence-electron chi connectivity index (χ0n) is 23.8. The maximum atomic E-state index is 14.1. The number of nitrogens with one attached hydrogen (secondary N) is 1. The molecule has 3 rings (SSSR count). The molecule has 0 aliphatic carbocycles. The number of nitrogens with zero attached hydrogens (tertiary/aromatic N) is 2. The average molecular weight is 602 g/mol. The second-order valence-electron chi connectivity index (χ2n) is 9.50. The Morgan fingerprint density at radius 1 is 0.951 bits per heavy atom. The minimum Gasteiger partial charge on any atom is -0.497 e. The number of rotatable bonds is 13. The summed E-state index contributed by atoms with van der Waals surface area (Å²) >= 11 is 6.26.